The fourth-order valence-corrected chi connectivity index (χ4v) is 2.59. The maximum absolute atomic E-state index is 12.1. The lowest BCUT2D eigenvalue weighted by molar-refractivity contribution is 0.0948. The first-order chi connectivity index (χ1) is 14.0. The molecule has 1 aromatic heterocycles. The zero-order valence-electron chi connectivity index (χ0n) is 16.0. The quantitative estimate of drug-likeness (QED) is 0.573. The van der Waals surface area contributed by atoms with Crippen molar-refractivity contribution in [3.63, 3.8) is 0 Å². The molecule has 0 bridgehead atoms. The molecule has 3 rings (SSSR count). The molecule has 0 spiro atoms. The Kier molecular flexibility index (Phi) is 6.52. The van der Waals surface area contributed by atoms with Gasteiger partial charge in [0.15, 0.2) is 5.75 Å². The van der Waals surface area contributed by atoms with Crippen LogP contribution in [0.4, 0.5) is 0 Å². The van der Waals surface area contributed by atoms with Gasteiger partial charge in [-0.2, -0.15) is 0 Å². The summed E-state index contributed by atoms with van der Waals surface area (Å²) < 4.78 is 12.6. The smallest absolute Gasteiger partial charge is 0.293 e. The highest BCUT2D eigenvalue weighted by molar-refractivity contribution is 5.96. The summed E-state index contributed by atoms with van der Waals surface area (Å²) >= 11 is 0. The van der Waals surface area contributed by atoms with Gasteiger partial charge in [0.05, 0.1) is 12.2 Å². The van der Waals surface area contributed by atoms with E-state index in [4.69, 9.17) is 9.47 Å². The highest BCUT2D eigenvalue weighted by atomic mass is 16.5. The van der Waals surface area contributed by atoms with Gasteiger partial charge in [0, 0.05) is 19.8 Å². The fraction of sp³-hybridized carbons (Fsp3) is 0.182. The molecule has 0 aliphatic carbocycles. The number of aromatic hydroxyl groups is 1. The SMILES string of the molecule is Cn1ccc(C(=O)NCCCOc2ccc(Oc3ccccc3)cc2)c(O)c1=O. The van der Waals surface area contributed by atoms with Crippen LogP contribution >= 0.6 is 0 Å². The number of benzene rings is 2. The van der Waals surface area contributed by atoms with Crippen LogP contribution in [0, 0.1) is 0 Å². The van der Waals surface area contributed by atoms with Gasteiger partial charge < -0.3 is 24.5 Å². The Bertz CT molecular complexity index is 1010. The van der Waals surface area contributed by atoms with Crippen molar-refractivity contribution in [3.05, 3.63) is 82.8 Å². The number of carbonyl (C=O) groups is 1. The monoisotopic (exact) mass is 394 g/mol. The lowest BCUT2D eigenvalue weighted by atomic mass is 10.2. The number of carbonyl (C=O) groups excluding carboxylic acids is 1. The Balaban J connectivity index is 1.41. The predicted molar refractivity (Wildman–Crippen MR) is 109 cm³/mol. The molecule has 150 valence electrons. The minimum Gasteiger partial charge on any atom is -0.502 e. The van der Waals surface area contributed by atoms with Crippen LogP contribution in [0.25, 0.3) is 0 Å². The number of nitrogens with zero attached hydrogens (tertiary/aromatic N) is 1. The van der Waals surface area contributed by atoms with Crippen LogP contribution in [0.1, 0.15) is 16.8 Å². The van der Waals surface area contributed by atoms with Crippen molar-refractivity contribution in [2.75, 3.05) is 13.2 Å². The molecule has 2 aromatic carbocycles. The van der Waals surface area contributed by atoms with Crippen molar-refractivity contribution < 1.29 is 19.4 Å². The van der Waals surface area contributed by atoms with Gasteiger partial charge in [0.2, 0.25) is 0 Å². The van der Waals surface area contributed by atoms with Crippen LogP contribution in [-0.4, -0.2) is 28.7 Å². The van der Waals surface area contributed by atoms with Crippen molar-refractivity contribution in [1.29, 1.82) is 0 Å². The molecule has 1 heterocycles. The van der Waals surface area contributed by atoms with E-state index in [1.807, 2.05) is 54.6 Å². The molecule has 2 N–H and O–H groups in total. The first-order valence-corrected chi connectivity index (χ1v) is 9.17. The maximum atomic E-state index is 12.1. The zero-order valence-corrected chi connectivity index (χ0v) is 16.0. The third-order valence-corrected chi connectivity index (χ3v) is 4.17. The fourth-order valence-electron chi connectivity index (χ4n) is 2.59. The van der Waals surface area contributed by atoms with Crippen LogP contribution in [0.2, 0.25) is 0 Å². The van der Waals surface area contributed by atoms with Crippen molar-refractivity contribution in [2.24, 2.45) is 7.05 Å². The number of ether oxygens (including phenoxy) is 2. The second-order valence-electron chi connectivity index (χ2n) is 6.34. The van der Waals surface area contributed by atoms with E-state index < -0.39 is 17.2 Å². The molecule has 0 aliphatic heterocycles. The van der Waals surface area contributed by atoms with E-state index in [1.54, 1.807) is 0 Å². The number of aromatic nitrogens is 1. The molecule has 7 nitrogen and oxygen atoms in total. The molecular weight excluding hydrogens is 372 g/mol. The van der Waals surface area contributed by atoms with E-state index >= 15 is 0 Å². The summed E-state index contributed by atoms with van der Waals surface area (Å²) in [5, 5.41) is 12.4. The Hall–Kier alpha value is -3.74. The zero-order chi connectivity index (χ0) is 20.6. The van der Waals surface area contributed by atoms with Crippen LogP contribution in [0.3, 0.4) is 0 Å². The molecule has 0 aliphatic rings. The normalized spacial score (nSPS) is 10.4. The van der Waals surface area contributed by atoms with Crippen molar-refractivity contribution in [1.82, 2.24) is 9.88 Å². The molecule has 0 radical (unpaired) electrons. The summed E-state index contributed by atoms with van der Waals surface area (Å²) in [4.78, 5) is 23.7. The molecule has 0 saturated heterocycles. The largest absolute Gasteiger partial charge is 0.502 e. The standard InChI is InChI=1S/C22H22N2O5/c1-24-14-12-19(20(25)22(24)27)21(26)23-13-5-15-28-16-8-10-18(11-9-16)29-17-6-3-2-4-7-17/h2-4,6-12,14,25H,5,13,15H2,1H3,(H,23,26). The molecular formula is C22H22N2O5. The number of nitrogens with one attached hydrogen (secondary N) is 1. The first-order valence-electron chi connectivity index (χ1n) is 9.17. The van der Waals surface area contributed by atoms with Gasteiger partial charge in [-0.3, -0.25) is 9.59 Å². The van der Waals surface area contributed by atoms with E-state index in [-0.39, 0.29) is 5.56 Å². The van der Waals surface area contributed by atoms with E-state index in [0.29, 0.717) is 31.1 Å². The topological polar surface area (TPSA) is 89.8 Å². The third kappa shape index (κ3) is 5.38. The van der Waals surface area contributed by atoms with E-state index in [9.17, 15) is 14.7 Å². The van der Waals surface area contributed by atoms with Crippen LogP contribution in [-0.2, 0) is 7.05 Å². The molecule has 0 saturated carbocycles. The first kappa shape index (κ1) is 20.0. The summed E-state index contributed by atoms with van der Waals surface area (Å²) in [5.41, 5.74) is -0.649. The molecule has 0 atom stereocenters. The van der Waals surface area contributed by atoms with Gasteiger partial charge in [-0.15, -0.1) is 0 Å². The molecule has 3 aromatic rings. The summed E-state index contributed by atoms with van der Waals surface area (Å²) in [6.45, 7) is 0.754. The maximum Gasteiger partial charge on any atom is 0.293 e. The van der Waals surface area contributed by atoms with Gasteiger partial charge >= 0.3 is 0 Å². The minimum absolute atomic E-state index is 0.0389. The van der Waals surface area contributed by atoms with Crippen LogP contribution in [0.5, 0.6) is 23.0 Å². The van der Waals surface area contributed by atoms with Crippen LogP contribution < -0.4 is 20.3 Å². The van der Waals surface area contributed by atoms with Gasteiger partial charge in [-0.25, -0.2) is 0 Å². The molecule has 0 fully saturated rings. The molecule has 7 heteroatoms. The number of hydrogen-bond acceptors (Lipinski definition) is 5. The number of aryl methyl sites for hydroxylation is 1. The van der Waals surface area contributed by atoms with Crippen molar-refractivity contribution in [2.45, 2.75) is 6.42 Å². The Morgan fingerprint density at radius 2 is 1.66 bits per heavy atom. The van der Waals surface area contributed by atoms with Crippen LogP contribution in [0.15, 0.2) is 71.7 Å². The molecule has 29 heavy (non-hydrogen) atoms. The number of hydrogen-bond donors (Lipinski definition) is 2. The molecule has 0 unspecified atom stereocenters. The van der Waals surface area contributed by atoms with E-state index in [1.165, 1.54) is 23.9 Å². The summed E-state index contributed by atoms with van der Waals surface area (Å²) in [6.07, 6.45) is 2.00. The predicted octanol–water partition coefficient (Wildman–Crippen LogP) is 3.08. The van der Waals surface area contributed by atoms with Gasteiger partial charge in [0.25, 0.3) is 11.5 Å². The minimum atomic E-state index is -0.610. The van der Waals surface area contributed by atoms with E-state index in [2.05, 4.69) is 5.32 Å². The summed E-state index contributed by atoms with van der Waals surface area (Å²) in [5.74, 6) is 1.12. The Morgan fingerprint density at radius 1 is 1.00 bits per heavy atom. The number of para-hydroxylation sites is 1. The average Bonchev–Trinajstić information content (AvgIpc) is 2.73. The second kappa shape index (κ2) is 9.45. The number of rotatable bonds is 8. The highest BCUT2D eigenvalue weighted by Crippen LogP contribution is 2.23. The summed E-state index contributed by atoms with van der Waals surface area (Å²) in [7, 11) is 1.50. The van der Waals surface area contributed by atoms with Gasteiger partial charge in [-0.1, -0.05) is 18.2 Å². The van der Waals surface area contributed by atoms with Crippen molar-refractivity contribution in [3.8, 4) is 23.0 Å². The third-order valence-electron chi connectivity index (χ3n) is 4.17. The Morgan fingerprint density at radius 3 is 2.38 bits per heavy atom. The van der Waals surface area contributed by atoms with Gasteiger partial charge in [-0.05, 0) is 48.9 Å². The van der Waals surface area contributed by atoms with Gasteiger partial charge in [0.1, 0.15) is 17.2 Å². The Labute approximate surface area is 168 Å². The van der Waals surface area contributed by atoms with E-state index in [0.717, 1.165) is 5.75 Å². The van der Waals surface area contributed by atoms with Crippen molar-refractivity contribution >= 4 is 5.91 Å². The molecule has 1 amide bonds. The highest BCUT2D eigenvalue weighted by Gasteiger charge is 2.14. The lowest BCUT2D eigenvalue weighted by Crippen LogP contribution is -2.28. The number of pyridine rings is 1. The average molecular weight is 394 g/mol. The lowest BCUT2D eigenvalue weighted by Gasteiger charge is -2.10. The second-order valence-corrected chi connectivity index (χ2v) is 6.34. The number of amides is 1. The summed E-state index contributed by atoms with van der Waals surface area (Å²) in [6, 6.07) is 18.2.